The highest BCUT2D eigenvalue weighted by atomic mass is 16.5. The quantitative estimate of drug-likeness (QED) is 0.320. The van der Waals surface area contributed by atoms with Gasteiger partial charge in [-0.15, -0.1) is 0 Å². The molecule has 1 aliphatic heterocycles. The van der Waals surface area contributed by atoms with Crippen LogP contribution < -0.4 is 4.90 Å². The summed E-state index contributed by atoms with van der Waals surface area (Å²) in [7, 11) is 0. The molecule has 6 nitrogen and oxygen atoms in total. The van der Waals surface area contributed by atoms with Gasteiger partial charge in [0.25, 0.3) is 0 Å². The number of Topliss-reactive ketones (excluding diaryl/α,β-unsaturated/α-hetero) is 1. The Labute approximate surface area is 180 Å². The van der Waals surface area contributed by atoms with Crippen molar-refractivity contribution in [2.45, 2.75) is 26.7 Å². The molecule has 1 heterocycles. The van der Waals surface area contributed by atoms with Gasteiger partial charge in [-0.25, -0.2) is 4.79 Å². The molecule has 0 N–H and O–H groups in total. The molecule has 2 atom stereocenters. The molecule has 0 radical (unpaired) electrons. The number of fused-ring (bicyclic) bond motifs is 1. The fourth-order valence-corrected chi connectivity index (χ4v) is 4.13. The first-order valence-corrected chi connectivity index (χ1v) is 10.3. The molecule has 4 rings (SSSR count). The fraction of sp³-hybridized carbons (Fsp3) is 0.280. The number of esters is 1. The SMILES string of the molecule is Cc1ccc(C)c(C(=O)COC(=O)c2ccc(N3C(=O)C4CC=CCC4C3=O)cc2)c1. The lowest BCUT2D eigenvalue weighted by Gasteiger charge is -2.15. The molecule has 2 aromatic carbocycles. The Morgan fingerprint density at radius 2 is 1.55 bits per heavy atom. The Kier molecular flexibility index (Phi) is 5.55. The van der Waals surface area contributed by atoms with Crippen LogP contribution in [0.25, 0.3) is 0 Å². The van der Waals surface area contributed by atoms with Crippen molar-refractivity contribution in [3.63, 3.8) is 0 Å². The first-order chi connectivity index (χ1) is 14.9. The molecule has 158 valence electrons. The van der Waals surface area contributed by atoms with Crippen molar-refractivity contribution < 1.29 is 23.9 Å². The molecular weight excluding hydrogens is 394 g/mol. The van der Waals surface area contributed by atoms with Crippen LogP contribution >= 0.6 is 0 Å². The number of hydrogen-bond acceptors (Lipinski definition) is 5. The maximum Gasteiger partial charge on any atom is 0.338 e. The van der Waals surface area contributed by atoms with E-state index in [4.69, 9.17) is 4.74 Å². The number of carbonyl (C=O) groups excluding carboxylic acids is 4. The van der Waals surface area contributed by atoms with E-state index in [-0.39, 0.29) is 41.6 Å². The number of imide groups is 1. The van der Waals surface area contributed by atoms with Gasteiger partial charge in [0.1, 0.15) is 0 Å². The smallest absolute Gasteiger partial charge is 0.338 e. The van der Waals surface area contributed by atoms with Gasteiger partial charge in [-0.2, -0.15) is 0 Å². The average Bonchev–Trinajstić information content (AvgIpc) is 3.04. The lowest BCUT2D eigenvalue weighted by atomic mass is 9.85. The van der Waals surface area contributed by atoms with E-state index in [0.29, 0.717) is 24.1 Å². The zero-order valence-electron chi connectivity index (χ0n) is 17.5. The Balaban J connectivity index is 1.42. The molecule has 2 aromatic rings. The first-order valence-electron chi connectivity index (χ1n) is 10.3. The number of ether oxygens (including phenoxy) is 1. The molecule has 0 aromatic heterocycles. The normalized spacial score (nSPS) is 20.0. The summed E-state index contributed by atoms with van der Waals surface area (Å²) < 4.78 is 5.18. The minimum absolute atomic E-state index is 0.200. The standard InChI is InChI=1S/C25H23NO5/c1-15-7-8-16(2)21(13-15)22(27)14-31-25(30)17-9-11-18(12-10-17)26-23(28)19-5-3-4-6-20(19)24(26)29/h3-4,7-13,19-20H,5-6,14H2,1-2H3. The summed E-state index contributed by atoms with van der Waals surface area (Å²) in [6.07, 6.45) is 5.03. The summed E-state index contributed by atoms with van der Waals surface area (Å²) in [4.78, 5) is 51.3. The molecule has 31 heavy (non-hydrogen) atoms. The van der Waals surface area contributed by atoms with E-state index in [1.807, 2.05) is 38.1 Å². The third kappa shape index (κ3) is 3.93. The van der Waals surface area contributed by atoms with Crippen LogP contribution in [0.1, 0.15) is 44.7 Å². The number of carbonyl (C=O) groups is 4. The van der Waals surface area contributed by atoms with Crippen molar-refractivity contribution in [2.24, 2.45) is 11.8 Å². The summed E-state index contributed by atoms with van der Waals surface area (Å²) in [5, 5.41) is 0. The number of allylic oxidation sites excluding steroid dienone is 2. The van der Waals surface area contributed by atoms with Crippen LogP contribution in [0.2, 0.25) is 0 Å². The Morgan fingerprint density at radius 1 is 0.935 bits per heavy atom. The van der Waals surface area contributed by atoms with Gasteiger partial charge in [0.2, 0.25) is 17.6 Å². The first kappa shape index (κ1) is 20.7. The van der Waals surface area contributed by atoms with Crippen LogP contribution in [0.15, 0.2) is 54.6 Å². The van der Waals surface area contributed by atoms with Gasteiger partial charge in [-0.05, 0) is 62.6 Å². The topological polar surface area (TPSA) is 80.8 Å². The van der Waals surface area contributed by atoms with Gasteiger partial charge in [0.05, 0.1) is 23.1 Å². The van der Waals surface area contributed by atoms with Crippen molar-refractivity contribution in [3.8, 4) is 0 Å². The Bertz CT molecular complexity index is 1070. The predicted molar refractivity (Wildman–Crippen MR) is 115 cm³/mol. The molecule has 2 unspecified atom stereocenters. The minimum Gasteiger partial charge on any atom is -0.454 e. The van der Waals surface area contributed by atoms with E-state index in [9.17, 15) is 19.2 Å². The average molecular weight is 417 g/mol. The summed E-state index contributed by atoms with van der Waals surface area (Å²) in [5.41, 5.74) is 3.00. The summed E-state index contributed by atoms with van der Waals surface area (Å²) in [5.74, 6) is -1.92. The number of amides is 2. The monoisotopic (exact) mass is 417 g/mol. The molecule has 0 bridgehead atoms. The highest BCUT2D eigenvalue weighted by Crippen LogP contribution is 2.37. The fourth-order valence-electron chi connectivity index (χ4n) is 4.13. The number of nitrogens with zero attached hydrogens (tertiary/aromatic N) is 1. The second-order valence-corrected chi connectivity index (χ2v) is 8.03. The third-order valence-corrected chi connectivity index (χ3v) is 5.90. The largest absolute Gasteiger partial charge is 0.454 e. The van der Waals surface area contributed by atoms with Crippen LogP contribution in [-0.4, -0.2) is 30.2 Å². The van der Waals surface area contributed by atoms with Crippen LogP contribution in [0.5, 0.6) is 0 Å². The maximum absolute atomic E-state index is 12.7. The van der Waals surface area contributed by atoms with Gasteiger partial charge >= 0.3 is 5.97 Å². The second-order valence-electron chi connectivity index (χ2n) is 8.03. The van der Waals surface area contributed by atoms with Crippen LogP contribution in [0.4, 0.5) is 5.69 Å². The van der Waals surface area contributed by atoms with Crippen molar-refractivity contribution in [2.75, 3.05) is 11.5 Å². The molecule has 0 saturated carbocycles. The van der Waals surface area contributed by atoms with Gasteiger partial charge in [-0.3, -0.25) is 19.3 Å². The van der Waals surface area contributed by atoms with Gasteiger partial charge in [0, 0.05) is 5.56 Å². The zero-order valence-corrected chi connectivity index (χ0v) is 17.5. The molecule has 1 fully saturated rings. The third-order valence-electron chi connectivity index (χ3n) is 5.90. The van der Waals surface area contributed by atoms with Gasteiger partial charge in [-0.1, -0.05) is 29.8 Å². The molecule has 1 saturated heterocycles. The van der Waals surface area contributed by atoms with Crippen molar-refractivity contribution in [3.05, 3.63) is 76.9 Å². The van der Waals surface area contributed by atoms with Crippen molar-refractivity contribution in [1.29, 1.82) is 0 Å². The number of anilines is 1. The van der Waals surface area contributed by atoms with E-state index in [0.717, 1.165) is 11.1 Å². The van der Waals surface area contributed by atoms with Crippen molar-refractivity contribution in [1.82, 2.24) is 0 Å². The summed E-state index contributed by atoms with van der Waals surface area (Å²) >= 11 is 0. The van der Waals surface area contributed by atoms with E-state index < -0.39 is 5.97 Å². The number of benzene rings is 2. The number of ketones is 1. The Hall–Kier alpha value is -3.54. The van der Waals surface area contributed by atoms with E-state index in [2.05, 4.69) is 0 Å². The van der Waals surface area contributed by atoms with Crippen LogP contribution in [0, 0.1) is 25.7 Å². The molecule has 6 heteroatoms. The molecule has 2 aliphatic rings. The molecular formula is C25H23NO5. The predicted octanol–water partition coefficient (Wildman–Crippen LogP) is 3.80. The highest BCUT2D eigenvalue weighted by molar-refractivity contribution is 6.22. The lowest BCUT2D eigenvalue weighted by molar-refractivity contribution is -0.122. The summed E-state index contributed by atoms with van der Waals surface area (Å²) in [6, 6.07) is 11.7. The van der Waals surface area contributed by atoms with E-state index >= 15 is 0 Å². The minimum atomic E-state index is -0.637. The van der Waals surface area contributed by atoms with Gasteiger partial charge < -0.3 is 4.74 Å². The Morgan fingerprint density at radius 3 is 2.16 bits per heavy atom. The summed E-state index contributed by atoms with van der Waals surface area (Å²) in [6.45, 7) is 3.37. The second kappa shape index (κ2) is 8.30. The van der Waals surface area contributed by atoms with E-state index in [1.54, 1.807) is 18.2 Å². The number of hydrogen-bond donors (Lipinski definition) is 0. The maximum atomic E-state index is 12.7. The zero-order chi connectivity index (χ0) is 22.1. The number of rotatable bonds is 5. The molecule has 1 aliphatic carbocycles. The lowest BCUT2D eigenvalue weighted by Crippen LogP contribution is -2.30. The van der Waals surface area contributed by atoms with E-state index in [1.165, 1.54) is 17.0 Å². The van der Waals surface area contributed by atoms with Gasteiger partial charge in [0.15, 0.2) is 6.61 Å². The molecule has 2 amide bonds. The number of aryl methyl sites for hydroxylation is 2. The van der Waals surface area contributed by atoms with Crippen LogP contribution in [0.3, 0.4) is 0 Å². The van der Waals surface area contributed by atoms with Crippen molar-refractivity contribution >= 4 is 29.3 Å². The highest BCUT2D eigenvalue weighted by Gasteiger charge is 2.47. The van der Waals surface area contributed by atoms with Crippen LogP contribution in [-0.2, 0) is 14.3 Å². The molecule has 0 spiro atoms.